The van der Waals surface area contributed by atoms with Gasteiger partial charge in [0.05, 0.1) is 12.2 Å². The molecule has 0 radical (unpaired) electrons. The molecule has 1 heterocycles. The first kappa shape index (κ1) is 101. The van der Waals surface area contributed by atoms with Crippen LogP contribution in [0.2, 0.25) is 0 Å². The topological polar surface area (TPSA) is 693 Å². The van der Waals surface area contributed by atoms with Crippen molar-refractivity contribution in [3.8, 4) is 0 Å². The molecule has 0 spiro atoms. The molecule has 107 heavy (non-hydrogen) atoms. The van der Waals surface area contributed by atoms with E-state index in [9.17, 15) is 128 Å². The normalized spacial score (nSPS) is 21.6. The van der Waals surface area contributed by atoms with Gasteiger partial charge in [0.25, 0.3) is 50.6 Å². The fourth-order valence-corrected chi connectivity index (χ4v) is 12.0. The van der Waals surface area contributed by atoms with Crippen molar-refractivity contribution < 1.29 is 157 Å². The molecule has 14 atom stereocenters. The van der Waals surface area contributed by atoms with Crippen LogP contribution in [0.4, 0.5) is 0 Å². The van der Waals surface area contributed by atoms with Gasteiger partial charge in [-0.25, -0.2) is 0 Å². The quantitative estimate of drug-likeness (QED) is 0.0153. The maximum Gasteiger partial charge on any atom is 1.00 e. The van der Waals surface area contributed by atoms with E-state index in [1.165, 1.54) is 13.8 Å². The van der Waals surface area contributed by atoms with Crippen LogP contribution in [0.5, 0.6) is 0 Å². The summed E-state index contributed by atoms with van der Waals surface area (Å²) in [6, 6.07) is -18.6. The number of nitrogens with one attached hydrogen (secondary N) is 16. The zero-order valence-electron chi connectivity index (χ0n) is 61.2. The zero-order valence-corrected chi connectivity index (χ0v) is 67.3. The van der Waals surface area contributed by atoms with Gasteiger partial charge in [0, 0.05) is 13.0 Å². The fourth-order valence-electron chi connectivity index (χ4n) is 9.96. The van der Waals surface area contributed by atoms with Crippen molar-refractivity contribution in [2.45, 2.75) is 205 Å². The van der Waals surface area contributed by atoms with Gasteiger partial charge in [0.1, 0.15) is 89.8 Å². The van der Waals surface area contributed by atoms with Crippen LogP contribution < -0.4 is 115 Å². The summed E-state index contributed by atoms with van der Waals surface area (Å²) >= 11 is 0. The Kier molecular flexibility index (Phi) is 47.1. The summed E-state index contributed by atoms with van der Waals surface area (Å²) in [5, 5.41) is 59.7. The van der Waals surface area contributed by atoms with Crippen LogP contribution in [0, 0.1) is 17.8 Å². The maximum atomic E-state index is 14.9. The van der Waals surface area contributed by atoms with Gasteiger partial charge in [-0.15, -0.1) is 0 Å². The average molecular weight is 1650 g/mol. The number of hydrogen-bond acceptors (Lipinski definition) is 28. The molecule has 0 saturated carbocycles. The van der Waals surface area contributed by atoms with E-state index in [4.69, 9.17) is 0 Å². The van der Waals surface area contributed by atoms with Gasteiger partial charge in [0.2, 0.25) is 65.0 Å². The molecule has 1 aliphatic rings. The van der Waals surface area contributed by atoms with E-state index in [1.54, 1.807) is 13.8 Å². The first-order valence-corrected chi connectivity index (χ1v) is 42.0. The molecule has 0 aliphatic carbocycles. The van der Waals surface area contributed by atoms with Crippen molar-refractivity contribution in [1.29, 1.82) is 0 Å². The molecule has 0 aromatic rings. The summed E-state index contributed by atoms with van der Waals surface area (Å²) in [6.45, 7) is 8.85. The minimum absolute atomic E-state index is 0. The van der Waals surface area contributed by atoms with E-state index in [0.717, 1.165) is 20.3 Å². The predicted molar refractivity (Wildman–Crippen MR) is 378 cm³/mol. The Hall–Kier alpha value is -5.56. The average Bonchev–Trinajstić information content (AvgIpc) is 1.10. The molecule has 0 aromatic carbocycles. The summed E-state index contributed by atoms with van der Waals surface area (Å²) in [4.78, 5) is 158. The van der Waals surface area contributed by atoms with Gasteiger partial charge < -0.3 is 95.3 Å². The second kappa shape index (κ2) is 49.6. The molecule has 11 amide bonds. The Balaban J connectivity index is 0.000112. The third-order valence-corrected chi connectivity index (χ3v) is 19.0. The molecule has 1 aliphatic heterocycles. The van der Waals surface area contributed by atoms with Gasteiger partial charge in [0.15, 0.2) is 0 Å². The Bertz CT molecular complexity index is 3510. The Morgan fingerprint density at radius 1 is 0.439 bits per heavy atom. The standard InChI is InChI=1S/C57H108N16O28S5.Na/c1-9-33(5)44-55(84)68-38(16-22-59-28-103(90,91)92)48(77)66-41(19-25-62-31-106(99,100)101)53(82)72-46(35(7)74)54(83)63-26-20-42(50(79)65-40(18-24-61-30-105(96,97)98)52(81)70-45(34(6)10-2)56(85)71-44)67-49(78)39(17-23-60-29-104(93,94)95)69-57(86)47(36(8)75)73-51(80)37(15-21-58-27-102(87,88)89)64-43(76)14-12-11-13-32(3)4;/h32-42,44-47,58-62,74-75H,9-31H2,1-8H3,(H,63,83)(H,64,76)(H,65,79)(H,66,77)(H,67,78)(H,68,84)(H,69,86)(H,70,81)(H,71,85)(H,72,82)(H,73,80)(H,87,88,89)(H,90,91,92)(H,93,94,95)(H,96,97,98)(H,99,100,101);/q;+1. The summed E-state index contributed by atoms with van der Waals surface area (Å²) in [6.07, 6.45) is -5.50. The molecule has 614 valence electrons. The molecule has 0 aromatic heterocycles. The second-order valence-corrected chi connectivity index (χ2v) is 33.2. The summed E-state index contributed by atoms with van der Waals surface area (Å²) in [5.74, 6) is -19.9. The predicted octanol–water partition coefficient (Wildman–Crippen LogP) is -11.4. The number of unbranched alkanes of at least 4 members (excludes halogenated alkanes) is 1. The van der Waals surface area contributed by atoms with Gasteiger partial charge in [-0.05, 0) is 109 Å². The van der Waals surface area contributed by atoms with E-state index in [0.29, 0.717) is 18.8 Å². The summed E-state index contributed by atoms with van der Waals surface area (Å²) in [5.41, 5.74) is 0. The van der Waals surface area contributed by atoms with Gasteiger partial charge >= 0.3 is 29.6 Å². The van der Waals surface area contributed by atoms with Crippen molar-refractivity contribution in [3.63, 3.8) is 0 Å². The first-order chi connectivity index (χ1) is 49.0. The molecule has 1 saturated heterocycles. The molecule has 23 N–H and O–H groups in total. The molecular weight excluding hydrogens is 1540 g/mol. The first-order valence-electron chi connectivity index (χ1n) is 33.9. The van der Waals surface area contributed by atoms with E-state index >= 15 is 0 Å². The van der Waals surface area contributed by atoms with Crippen LogP contribution >= 0.6 is 0 Å². The molecule has 0 bridgehead atoms. The monoisotopic (exact) mass is 1650 g/mol. The van der Waals surface area contributed by atoms with Crippen molar-refractivity contribution in [1.82, 2.24) is 85.1 Å². The number of hydrogen-bond donors (Lipinski definition) is 23. The molecule has 14 unspecified atom stereocenters. The number of aliphatic hydroxyl groups is 2. The number of aliphatic hydroxyl groups excluding tert-OH is 2. The van der Waals surface area contributed by atoms with Gasteiger partial charge in [-0.2, -0.15) is 42.1 Å². The summed E-state index contributed by atoms with van der Waals surface area (Å²) in [7, 11) is -23.5. The van der Waals surface area contributed by atoms with E-state index in [1.807, 2.05) is 13.8 Å². The van der Waals surface area contributed by atoms with Gasteiger partial charge in [-0.1, -0.05) is 67.2 Å². The third kappa shape index (κ3) is 44.8. The zero-order chi connectivity index (χ0) is 81.1. The van der Waals surface area contributed by atoms with Crippen LogP contribution in [0.15, 0.2) is 0 Å². The number of amides is 11. The fraction of sp³-hybridized carbons (Fsp3) is 0.807. The SMILES string of the molecule is CCC(C)C1NC(=O)C(CCNCS(=O)(=O)O)NC(=O)C(NC(=O)C(CCNCS(=O)(=O)O)NC(=O)C(NC(=O)C(CCNCS(=O)(=O)O)NC(=O)CCCCC(C)C)C(C)O)CCNC(=O)C(C(C)O)NC(=O)C(CCNCS(=O)(=O)O)NC(=O)C(CCNCS(=O)(=O)O)NC(=O)C(C(C)CC)NC1=O.[Na+]. The minimum atomic E-state index is -4.77. The number of carbonyl (C=O) groups is 11. The molecule has 1 fully saturated rings. The largest absolute Gasteiger partial charge is 1.00 e. The van der Waals surface area contributed by atoms with Crippen LogP contribution in [-0.2, 0) is 103 Å². The molecule has 50 heteroatoms. The molecular formula is C57H108N16NaO28S5+. The summed E-state index contributed by atoms with van der Waals surface area (Å²) < 4.78 is 163. The number of rotatable bonds is 43. The molecule has 44 nitrogen and oxygen atoms in total. The Morgan fingerprint density at radius 2 is 0.804 bits per heavy atom. The third-order valence-electron chi connectivity index (χ3n) is 16.2. The smallest absolute Gasteiger partial charge is 0.391 e. The van der Waals surface area contributed by atoms with Crippen LogP contribution in [0.25, 0.3) is 0 Å². The van der Waals surface area contributed by atoms with Crippen LogP contribution in [0.1, 0.15) is 132 Å². The van der Waals surface area contributed by atoms with E-state index in [2.05, 4.69) is 85.1 Å². The number of carbonyl (C=O) groups excluding carboxylic acids is 11. The van der Waals surface area contributed by atoms with Crippen molar-refractivity contribution in [3.05, 3.63) is 0 Å². The van der Waals surface area contributed by atoms with E-state index < -0.39 is 294 Å². The minimum Gasteiger partial charge on any atom is -0.391 e. The van der Waals surface area contributed by atoms with Crippen LogP contribution in [0.3, 0.4) is 0 Å². The van der Waals surface area contributed by atoms with Crippen molar-refractivity contribution >= 4 is 116 Å². The Morgan fingerprint density at radius 3 is 1.20 bits per heavy atom. The van der Waals surface area contributed by atoms with Crippen LogP contribution in [-0.4, -0.2) is 281 Å². The van der Waals surface area contributed by atoms with Crippen molar-refractivity contribution in [2.24, 2.45) is 17.8 Å². The van der Waals surface area contributed by atoms with E-state index in [-0.39, 0.29) is 61.8 Å². The maximum absolute atomic E-state index is 14.9. The molecule has 1 rings (SSSR count). The second-order valence-electron chi connectivity index (χ2n) is 25.9. The van der Waals surface area contributed by atoms with Gasteiger partial charge in [-0.3, -0.25) is 75.5 Å². The Labute approximate surface area is 645 Å². The van der Waals surface area contributed by atoms with Crippen molar-refractivity contribution in [2.75, 3.05) is 68.7 Å².